The number of carbonyl (C=O) groups excluding carboxylic acids is 2. The van der Waals surface area contributed by atoms with E-state index in [-0.39, 0.29) is 12.3 Å². The van der Waals surface area contributed by atoms with Gasteiger partial charge in [0, 0.05) is 18.4 Å². The number of pyridine rings is 1. The molecule has 1 aromatic carbocycles. The summed E-state index contributed by atoms with van der Waals surface area (Å²) >= 11 is 0. The average Bonchev–Trinajstić information content (AvgIpc) is 2.39. The molecule has 96 valence electrons. The van der Waals surface area contributed by atoms with Crippen molar-refractivity contribution in [2.24, 2.45) is 0 Å². The molecule has 19 heavy (non-hydrogen) atoms. The summed E-state index contributed by atoms with van der Waals surface area (Å²) in [6.45, 7) is 0.329. The highest BCUT2D eigenvalue weighted by atomic mass is 16.2. The predicted molar refractivity (Wildman–Crippen MR) is 71.7 cm³/mol. The average molecular weight is 256 g/mol. The highest BCUT2D eigenvalue weighted by molar-refractivity contribution is 6.05. The van der Waals surface area contributed by atoms with Gasteiger partial charge in [-0.2, -0.15) is 0 Å². The van der Waals surface area contributed by atoms with Gasteiger partial charge in [-0.05, 0) is 18.2 Å². The third-order valence-electron chi connectivity index (χ3n) is 3.07. The van der Waals surface area contributed by atoms with Crippen molar-refractivity contribution in [2.45, 2.75) is 6.42 Å². The van der Waals surface area contributed by atoms with Crippen LogP contribution in [0.4, 0.5) is 16.3 Å². The molecule has 0 radical (unpaired) electrons. The summed E-state index contributed by atoms with van der Waals surface area (Å²) in [6.07, 6.45) is 0.274. The largest absolute Gasteiger partial charge is 0.397 e. The quantitative estimate of drug-likeness (QED) is 0.752. The Labute approximate surface area is 109 Å². The van der Waals surface area contributed by atoms with E-state index in [0.717, 1.165) is 5.39 Å². The number of hydrogen-bond donors (Lipinski definition) is 2. The molecule has 1 aromatic heterocycles. The lowest BCUT2D eigenvalue weighted by atomic mass is 10.2. The van der Waals surface area contributed by atoms with Gasteiger partial charge in [-0.25, -0.2) is 9.78 Å². The summed E-state index contributed by atoms with van der Waals surface area (Å²) < 4.78 is 0. The molecule has 3 N–H and O–H groups in total. The Hall–Kier alpha value is -2.63. The van der Waals surface area contributed by atoms with Gasteiger partial charge in [-0.1, -0.05) is 12.1 Å². The minimum atomic E-state index is -0.447. The van der Waals surface area contributed by atoms with Crippen molar-refractivity contribution < 1.29 is 9.59 Å². The van der Waals surface area contributed by atoms with E-state index in [0.29, 0.717) is 23.6 Å². The number of nitrogens with zero attached hydrogens (tertiary/aromatic N) is 2. The number of imide groups is 1. The van der Waals surface area contributed by atoms with Gasteiger partial charge in [0.1, 0.15) is 5.82 Å². The van der Waals surface area contributed by atoms with Crippen LogP contribution in [0.2, 0.25) is 0 Å². The number of para-hydroxylation sites is 1. The number of nitrogens with two attached hydrogens (primary N) is 1. The zero-order valence-electron chi connectivity index (χ0n) is 10.1. The Balaban J connectivity index is 2.04. The molecule has 0 unspecified atom stereocenters. The highest BCUT2D eigenvalue weighted by Crippen LogP contribution is 2.23. The van der Waals surface area contributed by atoms with E-state index in [2.05, 4.69) is 10.3 Å². The number of aromatic nitrogens is 1. The first-order chi connectivity index (χ1) is 9.15. The van der Waals surface area contributed by atoms with Crippen LogP contribution in [0.3, 0.4) is 0 Å². The fraction of sp³-hybridized carbons (Fsp3) is 0.154. The summed E-state index contributed by atoms with van der Waals surface area (Å²) in [7, 11) is 0. The minimum Gasteiger partial charge on any atom is -0.397 e. The molecule has 0 aliphatic carbocycles. The Bertz CT molecular complexity index is 683. The Kier molecular flexibility index (Phi) is 2.56. The number of benzene rings is 1. The van der Waals surface area contributed by atoms with Crippen LogP contribution in [0, 0.1) is 0 Å². The predicted octanol–water partition coefficient (Wildman–Crippen LogP) is 1.26. The lowest BCUT2D eigenvalue weighted by Gasteiger charge is -2.25. The lowest BCUT2D eigenvalue weighted by molar-refractivity contribution is -0.120. The summed E-state index contributed by atoms with van der Waals surface area (Å²) in [5.74, 6) is 0.233. The highest BCUT2D eigenvalue weighted by Gasteiger charge is 2.25. The Morgan fingerprint density at radius 3 is 2.84 bits per heavy atom. The normalized spacial score (nSPS) is 15.7. The van der Waals surface area contributed by atoms with Crippen LogP contribution >= 0.6 is 0 Å². The Morgan fingerprint density at radius 2 is 2.05 bits per heavy atom. The van der Waals surface area contributed by atoms with Crippen LogP contribution in [-0.4, -0.2) is 23.5 Å². The topological polar surface area (TPSA) is 88.3 Å². The third kappa shape index (κ3) is 1.97. The van der Waals surface area contributed by atoms with Gasteiger partial charge in [0.2, 0.25) is 5.91 Å². The maximum absolute atomic E-state index is 11.7. The van der Waals surface area contributed by atoms with E-state index in [1.807, 2.05) is 18.2 Å². The van der Waals surface area contributed by atoms with Gasteiger partial charge in [-0.3, -0.25) is 15.0 Å². The van der Waals surface area contributed by atoms with Crippen LogP contribution < -0.4 is 16.0 Å². The second-order valence-corrected chi connectivity index (χ2v) is 4.34. The SMILES string of the molecule is Nc1cccc2ccc(N3CCC(=O)NC3=O)nc12. The smallest absolute Gasteiger partial charge is 0.329 e. The molecular formula is C13H12N4O2. The van der Waals surface area contributed by atoms with E-state index in [4.69, 9.17) is 5.73 Å². The first kappa shape index (κ1) is 11.5. The van der Waals surface area contributed by atoms with E-state index in [1.54, 1.807) is 12.1 Å². The van der Waals surface area contributed by atoms with Gasteiger partial charge in [0.25, 0.3) is 0 Å². The molecule has 0 bridgehead atoms. The van der Waals surface area contributed by atoms with Crippen molar-refractivity contribution in [3.05, 3.63) is 30.3 Å². The molecule has 1 aliphatic rings. The molecule has 1 aliphatic heterocycles. The monoisotopic (exact) mass is 256 g/mol. The van der Waals surface area contributed by atoms with E-state index >= 15 is 0 Å². The van der Waals surface area contributed by atoms with Gasteiger partial charge < -0.3 is 5.73 Å². The summed E-state index contributed by atoms with van der Waals surface area (Å²) in [5, 5.41) is 3.18. The second-order valence-electron chi connectivity index (χ2n) is 4.34. The molecule has 6 nitrogen and oxygen atoms in total. The molecular weight excluding hydrogens is 244 g/mol. The van der Waals surface area contributed by atoms with E-state index in [1.165, 1.54) is 4.90 Å². The molecule has 6 heteroatoms. The van der Waals surface area contributed by atoms with Crippen LogP contribution in [-0.2, 0) is 4.79 Å². The van der Waals surface area contributed by atoms with Crippen molar-refractivity contribution in [1.29, 1.82) is 0 Å². The molecule has 3 amide bonds. The molecule has 0 spiro atoms. The summed E-state index contributed by atoms with van der Waals surface area (Å²) in [6, 6.07) is 8.68. The van der Waals surface area contributed by atoms with Crippen LogP contribution in [0.25, 0.3) is 10.9 Å². The van der Waals surface area contributed by atoms with Crippen LogP contribution in [0.15, 0.2) is 30.3 Å². The molecule has 2 aromatic rings. The van der Waals surface area contributed by atoms with E-state index < -0.39 is 6.03 Å². The number of carbonyl (C=O) groups is 2. The van der Waals surface area contributed by atoms with Crippen molar-refractivity contribution in [2.75, 3.05) is 17.2 Å². The number of nitrogens with one attached hydrogen (secondary N) is 1. The van der Waals surface area contributed by atoms with Gasteiger partial charge in [0.15, 0.2) is 0 Å². The van der Waals surface area contributed by atoms with Crippen LogP contribution in [0.5, 0.6) is 0 Å². The molecule has 3 rings (SSSR count). The number of fused-ring (bicyclic) bond motifs is 1. The molecule has 0 atom stereocenters. The molecule has 0 saturated carbocycles. The summed E-state index contributed by atoms with van der Waals surface area (Å²) in [5.41, 5.74) is 7.10. The first-order valence-electron chi connectivity index (χ1n) is 5.92. The zero-order valence-corrected chi connectivity index (χ0v) is 10.1. The maximum atomic E-state index is 11.7. The number of urea groups is 1. The number of nitrogen functional groups attached to an aromatic ring is 1. The van der Waals surface area contributed by atoms with Crippen molar-refractivity contribution >= 4 is 34.3 Å². The van der Waals surface area contributed by atoms with Crippen molar-refractivity contribution in [3.63, 3.8) is 0 Å². The maximum Gasteiger partial charge on any atom is 0.329 e. The number of anilines is 2. The molecule has 1 saturated heterocycles. The van der Waals surface area contributed by atoms with Crippen LogP contribution in [0.1, 0.15) is 6.42 Å². The number of rotatable bonds is 1. The number of hydrogen-bond acceptors (Lipinski definition) is 4. The Morgan fingerprint density at radius 1 is 1.21 bits per heavy atom. The van der Waals surface area contributed by atoms with Gasteiger partial charge in [-0.15, -0.1) is 0 Å². The molecule has 1 fully saturated rings. The van der Waals surface area contributed by atoms with Crippen molar-refractivity contribution in [3.8, 4) is 0 Å². The lowest BCUT2D eigenvalue weighted by Crippen LogP contribution is -2.49. The van der Waals surface area contributed by atoms with E-state index in [9.17, 15) is 9.59 Å². The molecule has 2 heterocycles. The van der Waals surface area contributed by atoms with Crippen molar-refractivity contribution in [1.82, 2.24) is 10.3 Å². The third-order valence-corrected chi connectivity index (χ3v) is 3.07. The fourth-order valence-corrected chi connectivity index (χ4v) is 2.09. The summed E-state index contributed by atoms with van der Waals surface area (Å²) in [4.78, 5) is 28.7. The minimum absolute atomic E-state index is 0.262. The number of amides is 3. The first-order valence-corrected chi connectivity index (χ1v) is 5.92. The fourth-order valence-electron chi connectivity index (χ4n) is 2.09. The van der Waals surface area contributed by atoms with Gasteiger partial charge in [0.05, 0.1) is 11.2 Å². The second kappa shape index (κ2) is 4.24. The zero-order chi connectivity index (χ0) is 13.4. The van der Waals surface area contributed by atoms with Gasteiger partial charge >= 0.3 is 6.03 Å². The standard InChI is InChI=1S/C13H12N4O2/c14-9-3-1-2-8-4-5-10(15-12(8)9)17-7-6-11(18)16-13(17)19/h1-5H,6-7,14H2,(H,16,18,19).